The van der Waals surface area contributed by atoms with Gasteiger partial charge in [-0.05, 0) is 12.8 Å². The maximum atomic E-state index is 11.4. The molecule has 0 amide bonds. The largest absolute Gasteiger partial charge is 0.502 e. The number of rotatable bonds is 2. The molecular weight excluding hydrogens is 274 g/mol. The van der Waals surface area contributed by atoms with Crippen LogP contribution in [0.25, 0.3) is 0 Å². The van der Waals surface area contributed by atoms with E-state index >= 15 is 0 Å². The third kappa shape index (κ3) is 3.04. The molecule has 0 radical (unpaired) electrons. The fourth-order valence-corrected chi connectivity index (χ4v) is 4.94. The van der Waals surface area contributed by atoms with Crippen molar-refractivity contribution in [3.63, 3.8) is 0 Å². The number of thioether (sulfide) groups is 1. The third-order valence-electron chi connectivity index (χ3n) is 4.34. The van der Waals surface area contributed by atoms with Crippen LogP contribution in [0.5, 0.6) is 5.75 Å². The first kappa shape index (κ1) is 14.0. The number of hydrogen-bond donors (Lipinski definition) is 1. The van der Waals surface area contributed by atoms with E-state index in [4.69, 9.17) is 4.42 Å². The third-order valence-corrected chi connectivity index (χ3v) is 5.87. The van der Waals surface area contributed by atoms with Crippen molar-refractivity contribution in [2.75, 3.05) is 18.8 Å². The Balaban J connectivity index is 1.67. The first-order valence-corrected chi connectivity index (χ1v) is 8.32. The second kappa shape index (κ2) is 5.82. The highest BCUT2D eigenvalue weighted by molar-refractivity contribution is 8.00. The summed E-state index contributed by atoms with van der Waals surface area (Å²) in [6.07, 6.45) is 7.83. The van der Waals surface area contributed by atoms with Crippen LogP contribution in [0, 0.1) is 0 Å². The summed E-state index contributed by atoms with van der Waals surface area (Å²) >= 11 is 2.13. The first-order valence-electron chi connectivity index (χ1n) is 7.34. The molecule has 1 aromatic heterocycles. The first-order chi connectivity index (χ1) is 9.67. The topological polar surface area (TPSA) is 53.7 Å². The van der Waals surface area contributed by atoms with Gasteiger partial charge in [0, 0.05) is 29.7 Å². The fourth-order valence-electron chi connectivity index (χ4n) is 3.30. The Morgan fingerprint density at radius 2 is 2.15 bits per heavy atom. The molecule has 1 saturated carbocycles. The second-order valence-corrected chi connectivity index (χ2v) is 7.46. The van der Waals surface area contributed by atoms with Crippen molar-refractivity contribution in [3.05, 3.63) is 28.3 Å². The highest BCUT2D eigenvalue weighted by Crippen LogP contribution is 2.42. The Morgan fingerprint density at radius 1 is 1.35 bits per heavy atom. The average molecular weight is 295 g/mol. The number of hydrogen-bond acceptors (Lipinski definition) is 5. The summed E-state index contributed by atoms with van der Waals surface area (Å²) in [6.45, 7) is 2.79. The van der Waals surface area contributed by atoms with Crippen LogP contribution in [0.2, 0.25) is 0 Å². The van der Waals surface area contributed by atoms with Crippen LogP contribution in [0.15, 0.2) is 21.5 Å². The standard InChI is InChI=1S/C15H21NO3S/c17-13-8-12(19-10-14(13)18)9-16-6-7-20-15(11-16)4-2-1-3-5-15/h8,10,18H,1-7,9,11H2. The van der Waals surface area contributed by atoms with E-state index in [0.29, 0.717) is 17.1 Å². The quantitative estimate of drug-likeness (QED) is 0.909. The predicted molar refractivity (Wildman–Crippen MR) is 80.2 cm³/mol. The minimum absolute atomic E-state index is 0.313. The van der Waals surface area contributed by atoms with Gasteiger partial charge in [-0.1, -0.05) is 19.3 Å². The normalized spacial score (nSPS) is 23.0. The van der Waals surface area contributed by atoms with Crippen LogP contribution in [-0.4, -0.2) is 33.6 Å². The molecule has 1 aliphatic carbocycles. The highest BCUT2D eigenvalue weighted by atomic mass is 32.2. The Hall–Kier alpha value is -0.940. The molecule has 3 rings (SSSR count). The highest BCUT2D eigenvalue weighted by Gasteiger charge is 2.37. The fraction of sp³-hybridized carbons (Fsp3) is 0.667. The molecule has 4 nitrogen and oxygen atoms in total. The van der Waals surface area contributed by atoms with Crippen molar-refractivity contribution in [3.8, 4) is 5.75 Å². The molecule has 0 aromatic carbocycles. The van der Waals surface area contributed by atoms with Crippen LogP contribution < -0.4 is 5.43 Å². The summed E-state index contributed by atoms with van der Waals surface area (Å²) in [5.41, 5.74) is -0.356. The summed E-state index contributed by atoms with van der Waals surface area (Å²) < 4.78 is 5.74. The molecule has 1 aliphatic heterocycles. The molecule has 2 fully saturated rings. The van der Waals surface area contributed by atoms with Gasteiger partial charge < -0.3 is 9.52 Å². The van der Waals surface area contributed by atoms with Crippen LogP contribution in [-0.2, 0) is 6.54 Å². The molecule has 0 bridgehead atoms. The molecular formula is C15H21NO3S. The molecule has 0 unspecified atom stereocenters. The van der Waals surface area contributed by atoms with E-state index in [0.717, 1.165) is 25.1 Å². The van der Waals surface area contributed by atoms with Crippen molar-refractivity contribution in [1.82, 2.24) is 4.90 Å². The molecule has 1 aromatic rings. The molecule has 2 aliphatic rings. The van der Waals surface area contributed by atoms with Crippen LogP contribution in [0.4, 0.5) is 0 Å². The second-order valence-electron chi connectivity index (χ2n) is 5.90. The molecule has 1 spiro atoms. The van der Waals surface area contributed by atoms with Gasteiger partial charge in [0.1, 0.15) is 12.0 Å². The Labute approximate surface area is 123 Å². The average Bonchev–Trinajstić information content (AvgIpc) is 2.44. The van der Waals surface area contributed by atoms with E-state index in [1.54, 1.807) is 0 Å². The Kier molecular flexibility index (Phi) is 4.08. The van der Waals surface area contributed by atoms with Crippen molar-refractivity contribution >= 4 is 11.8 Å². The monoisotopic (exact) mass is 295 g/mol. The molecule has 5 heteroatoms. The van der Waals surface area contributed by atoms with E-state index in [-0.39, 0.29) is 11.2 Å². The van der Waals surface area contributed by atoms with Gasteiger partial charge >= 0.3 is 0 Å². The Bertz CT molecular complexity index is 517. The lowest BCUT2D eigenvalue weighted by molar-refractivity contribution is 0.197. The Morgan fingerprint density at radius 3 is 2.90 bits per heavy atom. The van der Waals surface area contributed by atoms with E-state index in [9.17, 15) is 9.90 Å². The van der Waals surface area contributed by atoms with Crippen LogP contribution in [0.1, 0.15) is 37.9 Å². The summed E-state index contributed by atoms with van der Waals surface area (Å²) in [6, 6.07) is 1.41. The van der Waals surface area contributed by atoms with Crippen LogP contribution in [0.3, 0.4) is 0 Å². The van der Waals surface area contributed by atoms with Gasteiger partial charge in [0.25, 0.3) is 0 Å². The van der Waals surface area contributed by atoms with E-state index in [2.05, 4.69) is 16.7 Å². The summed E-state index contributed by atoms with van der Waals surface area (Å²) in [4.78, 5) is 13.8. The van der Waals surface area contributed by atoms with Gasteiger partial charge in [-0.15, -0.1) is 0 Å². The zero-order valence-electron chi connectivity index (χ0n) is 11.6. The molecule has 110 valence electrons. The molecule has 1 saturated heterocycles. The van der Waals surface area contributed by atoms with Gasteiger partial charge in [-0.2, -0.15) is 11.8 Å². The van der Waals surface area contributed by atoms with Crippen molar-refractivity contribution in [2.45, 2.75) is 43.4 Å². The van der Waals surface area contributed by atoms with Crippen LogP contribution >= 0.6 is 11.8 Å². The lowest BCUT2D eigenvalue weighted by Gasteiger charge is -2.44. The van der Waals surface area contributed by atoms with Crippen molar-refractivity contribution in [2.24, 2.45) is 0 Å². The lowest BCUT2D eigenvalue weighted by atomic mass is 9.87. The molecule has 20 heavy (non-hydrogen) atoms. The van der Waals surface area contributed by atoms with Gasteiger partial charge in [-0.3, -0.25) is 9.69 Å². The number of nitrogens with zero attached hydrogens (tertiary/aromatic N) is 1. The van der Waals surface area contributed by atoms with Gasteiger partial charge in [0.05, 0.1) is 6.54 Å². The maximum Gasteiger partial charge on any atom is 0.226 e. The van der Waals surface area contributed by atoms with Crippen molar-refractivity contribution < 1.29 is 9.52 Å². The molecule has 0 atom stereocenters. The molecule has 1 N–H and O–H groups in total. The zero-order chi connectivity index (χ0) is 14.0. The summed E-state index contributed by atoms with van der Waals surface area (Å²) in [7, 11) is 0. The van der Waals surface area contributed by atoms with Crippen molar-refractivity contribution in [1.29, 1.82) is 0 Å². The van der Waals surface area contributed by atoms with E-state index in [1.807, 2.05) is 0 Å². The molecule has 2 heterocycles. The van der Waals surface area contributed by atoms with Gasteiger partial charge in [0.2, 0.25) is 5.43 Å². The van der Waals surface area contributed by atoms with Gasteiger partial charge in [0.15, 0.2) is 5.75 Å². The predicted octanol–water partition coefficient (Wildman–Crippen LogP) is 2.60. The maximum absolute atomic E-state index is 11.4. The van der Waals surface area contributed by atoms with E-state index < -0.39 is 0 Å². The van der Waals surface area contributed by atoms with E-state index in [1.165, 1.54) is 38.2 Å². The zero-order valence-corrected chi connectivity index (χ0v) is 12.5. The van der Waals surface area contributed by atoms with Gasteiger partial charge in [-0.25, -0.2) is 0 Å². The SMILES string of the molecule is O=c1cc(CN2CCSC3(CCCCC3)C2)occ1O. The minimum atomic E-state index is -0.356. The lowest BCUT2D eigenvalue weighted by Crippen LogP contribution is -2.47. The number of aromatic hydroxyl groups is 1. The summed E-state index contributed by atoms with van der Waals surface area (Å²) in [5, 5.41) is 9.23. The smallest absolute Gasteiger partial charge is 0.226 e. The summed E-state index contributed by atoms with van der Waals surface area (Å²) in [5.74, 6) is 1.49. The minimum Gasteiger partial charge on any atom is -0.502 e.